The smallest absolute Gasteiger partial charge is 0.169 e. The van der Waals surface area contributed by atoms with Crippen LogP contribution in [0.1, 0.15) is 40.1 Å². The van der Waals surface area contributed by atoms with Crippen LogP contribution in [0.25, 0.3) is 0 Å². The molecule has 0 saturated carbocycles. The summed E-state index contributed by atoms with van der Waals surface area (Å²) in [4.78, 5) is 12.7. The van der Waals surface area contributed by atoms with Gasteiger partial charge >= 0.3 is 0 Å². The van der Waals surface area contributed by atoms with Crippen LogP contribution in [0, 0.1) is 0 Å². The van der Waals surface area contributed by atoms with Crippen LogP contribution in [0.3, 0.4) is 0 Å². The van der Waals surface area contributed by atoms with E-state index in [1.807, 2.05) is 0 Å². The monoisotopic (exact) mass is 436 g/mol. The second kappa shape index (κ2) is 9.18. The number of ether oxygens (including phenoxy) is 1. The van der Waals surface area contributed by atoms with Gasteiger partial charge in [0.1, 0.15) is 47.8 Å². The van der Waals surface area contributed by atoms with E-state index < -0.39 is 72.5 Å². The first-order valence-corrected chi connectivity index (χ1v) is 9.51. The summed E-state index contributed by atoms with van der Waals surface area (Å²) in [6, 6.07) is 7.77. The molecule has 0 unspecified atom stereocenters. The van der Waals surface area contributed by atoms with Gasteiger partial charge in [0, 0.05) is 6.42 Å². The molecule has 10 nitrogen and oxygen atoms in total. The Balaban J connectivity index is 1.89. The maximum absolute atomic E-state index is 12.7. The second-order valence-corrected chi connectivity index (χ2v) is 7.38. The summed E-state index contributed by atoms with van der Waals surface area (Å²) in [6.07, 6.45) is -9.66. The summed E-state index contributed by atoms with van der Waals surface area (Å²) in [5.41, 5.74) is -0.317. The Hall–Kier alpha value is -2.73. The van der Waals surface area contributed by atoms with E-state index in [1.165, 1.54) is 24.3 Å². The molecule has 0 aromatic heterocycles. The van der Waals surface area contributed by atoms with Crippen LogP contribution in [0.5, 0.6) is 17.2 Å². The van der Waals surface area contributed by atoms with Gasteiger partial charge in [0.05, 0.1) is 23.8 Å². The van der Waals surface area contributed by atoms with Crippen LogP contribution in [0.15, 0.2) is 36.4 Å². The van der Waals surface area contributed by atoms with Crippen LogP contribution >= 0.6 is 0 Å². The van der Waals surface area contributed by atoms with Crippen molar-refractivity contribution in [2.45, 2.75) is 43.0 Å². The van der Waals surface area contributed by atoms with E-state index in [1.54, 1.807) is 0 Å². The lowest BCUT2D eigenvalue weighted by Crippen LogP contribution is -2.55. The lowest BCUT2D eigenvalue weighted by molar-refractivity contribution is -0.232. The minimum atomic E-state index is -1.78. The van der Waals surface area contributed by atoms with Gasteiger partial charge in [0.25, 0.3) is 0 Å². The normalized spacial score (nSPS) is 27.1. The number of hydrogen-bond acceptors (Lipinski definition) is 10. The molecule has 0 amide bonds. The maximum Gasteiger partial charge on any atom is 0.169 e. The van der Waals surface area contributed by atoms with Crippen molar-refractivity contribution in [2.24, 2.45) is 0 Å². The predicted molar refractivity (Wildman–Crippen MR) is 105 cm³/mol. The highest BCUT2D eigenvalue weighted by atomic mass is 16.5. The number of phenols is 3. The van der Waals surface area contributed by atoms with Crippen LogP contribution in [0.2, 0.25) is 0 Å². The summed E-state index contributed by atoms with van der Waals surface area (Å²) >= 11 is 0. The lowest BCUT2D eigenvalue weighted by Gasteiger charge is -2.40. The van der Waals surface area contributed by atoms with Gasteiger partial charge in [-0.3, -0.25) is 4.79 Å². The number of phenolic OH excluding ortho intramolecular Hbond substituents is 3. The van der Waals surface area contributed by atoms with E-state index >= 15 is 0 Å². The van der Waals surface area contributed by atoms with Gasteiger partial charge in [-0.25, -0.2) is 0 Å². The molecule has 6 atom stereocenters. The van der Waals surface area contributed by atoms with Crippen molar-refractivity contribution in [3.8, 4) is 17.2 Å². The zero-order chi connectivity index (χ0) is 22.9. The number of aliphatic hydroxyl groups is 5. The first-order valence-electron chi connectivity index (χ1n) is 9.51. The Morgan fingerprint density at radius 1 is 0.935 bits per heavy atom. The third kappa shape index (κ3) is 4.49. The van der Waals surface area contributed by atoms with E-state index in [9.17, 15) is 45.6 Å². The fraction of sp³-hybridized carbons (Fsp3) is 0.381. The van der Waals surface area contributed by atoms with Crippen LogP contribution in [-0.4, -0.2) is 77.7 Å². The van der Waals surface area contributed by atoms with Crippen LogP contribution < -0.4 is 0 Å². The molecule has 2 aromatic rings. The quantitative estimate of drug-likeness (QED) is 0.277. The van der Waals surface area contributed by atoms with E-state index in [4.69, 9.17) is 4.74 Å². The number of Topliss-reactive ketones (excluding diaryl/α,β-unsaturated/α-hetero) is 1. The van der Waals surface area contributed by atoms with E-state index in [2.05, 4.69) is 0 Å². The molecule has 1 saturated heterocycles. The molecule has 1 fully saturated rings. The minimum absolute atomic E-state index is 0.0115. The molecule has 1 aliphatic heterocycles. The molecule has 0 spiro atoms. The van der Waals surface area contributed by atoms with Crippen molar-refractivity contribution in [3.63, 3.8) is 0 Å². The molecule has 0 bridgehead atoms. The van der Waals surface area contributed by atoms with E-state index in [-0.39, 0.29) is 11.3 Å². The van der Waals surface area contributed by atoms with Gasteiger partial charge < -0.3 is 45.6 Å². The van der Waals surface area contributed by atoms with Gasteiger partial charge in [-0.05, 0) is 29.8 Å². The largest absolute Gasteiger partial charge is 0.508 e. The van der Waals surface area contributed by atoms with Gasteiger partial charge in [-0.2, -0.15) is 0 Å². The van der Waals surface area contributed by atoms with Gasteiger partial charge in [-0.1, -0.05) is 12.1 Å². The number of aromatic hydroxyl groups is 3. The summed E-state index contributed by atoms with van der Waals surface area (Å²) in [7, 11) is 0. The lowest BCUT2D eigenvalue weighted by atomic mass is 9.88. The van der Waals surface area contributed by atoms with Crippen molar-refractivity contribution >= 4 is 5.78 Å². The zero-order valence-corrected chi connectivity index (χ0v) is 16.2. The molecule has 0 radical (unpaired) electrons. The van der Waals surface area contributed by atoms with Crippen LogP contribution in [-0.2, 0) is 4.74 Å². The Morgan fingerprint density at radius 3 is 2.19 bits per heavy atom. The molecular weight excluding hydrogens is 412 g/mol. The molecule has 8 N–H and O–H groups in total. The van der Waals surface area contributed by atoms with Crippen molar-refractivity contribution in [1.29, 1.82) is 0 Å². The standard InChI is InChI=1S/C21H24O10/c22-8-15-18(28)19(29)20(30)21(31-15)16-12(24)6-5-11(17(16)27)14(26)7-13(25)9-1-3-10(23)4-2-9/h1-6,13,15,18-25,27-30H,7-8H2/t13-,15+,18-,19+,20-,21+/m1/s1. The summed E-state index contributed by atoms with van der Waals surface area (Å²) < 4.78 is 5.36. The number of carbonyl (C=O) groups excluding carboxylic acids is 1. The van der Waals surface area contributed by atoms with E-state index in [0.717, 1.165) is 12.1 Å². The van der Waals surface area contributed by atoms with Crippen molar-refractivity contribution in [2.75, 3.05) is 6.61 Å². The minimum Gasteiger partial charge on any atom is -0.508 e. The molecule has 31 heavy (non-hydrogen) atoms. The Labute approximate surface area is 176 Å². The number of aliphatic hydroxyl groups excluding tert-OH is 5. The van der Waals surface area contributed by atoms with Crippen molar-refractivity contribution in [3.05, 3.63) is 53.1 Å². The highest BCUT2D eigenvalue weighted by molar-refractivity contribution is 5.99. The van der Waals surface area contributed by atoms with Crippen molar-refractivity contribution in [1.82, 2.24) is 0 Å². The number of carbonyl (C=O) groups is 1. The Morgan fingerprint density at radius 2 is 1.58 bits per heavy atom. The van der Waals surface area contributed by atoms with E-state index in [0.29, 0.717) is 5.56 Å². The van der Waals surface area contributed by atoms with Crippen LogP contribution in [0.4, 0.5) is 0 Å². The molecule has 10 heteroatoms. The van der Waals surface area contributed by atoms with Gasteiger partial charge in [0.15, 0.2) is 5.78 Å². The molecule has 2 aromatic carbocycles. The molecular formula is C21H24O10. The Kier molecular flexibility index (Phi) is 6.80. The molecule has 1 heterocycles. The topological polar surface area (TPSA) is 188 Å². The predicted octanol–water partition coefficient (Wildman–Crippen LogP) is -0.375. The van der Waals surface area contributed by atoms with Crippen molar-refractivity contribution < 1.29 is 50.4 Å². The molecule has 3 rings (SSSR count). The first kappa shape index (κ1) is 22.9. The number of benzene rings is 2. The van der Waals surface area contributed by atoms with Gasteiger partial charge in [0.2, 0.25) is 0 Å². The zero-order valence-electron chi connectivity index (χ0n) is 16.2. The Bertz CT molecular complexity index is 927. The first-order chi connectivity index (χ1) is 14.6. The summed E-state index contributed by atoms with van der Waals surface area (Å²) in [5, 5.41) is 80.0. The third-order valence-electron chi connectivity index (χ3n) is 5.33. The average molecular weight is 436 g/mol. The van der Waals surface area contributed by atoms with Gasteiger partial charge in [-0.15, -0.1) is 0 Å². The third-order valence-corrected chi connectivity index (χ3v) is 5.33. The fourth-order valence-electron chi connectivity index (χ4n) is 3.54. The average Bonchev–Trinajstić information content (AvgIpc) is 2.74. The molecule has 168 valence electrons. The maximum atomic E-state index is 12.7. The highest BCUT2D eigenvalue weighted by Crippen LogP contribution is 2.43. The molecule has 0 aliphatic carbocycles. The summed E-state index contributed by atoms with van der Waals surface area (Å²) in [6.45, 7) is -0.708. The number of hydrogen-bond donors (Lipinski definition) is 8. The second-order valence-electron chi connectivity index (χ2n) is 7.38. The number of rotatable bonds is 6. The fourth-order valence-corrected chi connectivity index (χ4v) is 3.54. The summed E-state index contributed by atoms with van der Waals surface area (Å²) in [5.74, 6) is -1.98. The SMILES string of the molecule is O=C(C[C@@H](O)c1ccc(O)cc1)c1ccc(O)c([C@@H]2O[C@@H](CO)[C@@H](O)[C@H](O)[C@H]2O)c1O. The highest BCUT2D eigenvalue weighted by Gasteiger charge is 2.46. The molecule has 1 aliphatic rings. The number of ketones is 1.